The van der Waals surface area contributed by atoms with Crippen LogP contribution in [0, 0.1) is 0 Å². The van der Waals surface area contributed by atoms with E-state index >= 15 is 0 Å². The third-order valence-electron chi connectivity index (χ3n) is 2.43. The first-order valence-electron chi connectivity index (χ1n) is 6.07. The Morgan fingerprint density at radius 2 is 1.63 bits per heavy atom. The second-order valence-electron chi connectivity index (χ2n) is 4.07. The summed E-state index contributed by atoms with van der Waals surface area (Å²) in [7, 11) is -6.00. The average Bonchev–Trinajstić information content (AvgIpc) is 2.34. The van der Waals surface area contributed by atoms with Gasteiger partial charge in [-0.1, -0.05) is 0 Å². The molecule has 2 aromatic rings. The maximum atomic E-state index is 9.75. The molecule has 0 radical (unpaired) electrons. The van der Waals surface area contributed by atoms with E-state index in [4.69, 9.17) is 0 Å². The summed E-state index contributed by atoms with van der Waals surface area (Å²) in [6.45, 7) is 2.26. The van der Waals surface area contributed by atoms with Gasteiger partial charge in [0.25, 0.3) is 0 Å². The van der Waals surface area contributed by atoms with E-state index in [1.807, 2.05) is 0 Å². The smallest absolute Gasteiger partial charge is 0.418 e. The molecule has 0 unspecified atom stereocenters. The first kappa shape index (κ1) is 16.2. The van der Waals surface area contributed by atoms with Gasteiger partial charge in [-0.05, 0) is 0 Å². The number of rotatable bonds is 3. The van der Waals surface area contributed by atoms with E-state index in [0.717, 1.165) is 0 Å². The van der Waals surface area contributed by atoms with Crippen molar-refractivity contribution in [2.24, 2.45) is 0 Å². The van der Waals surface area contributed by atoms with Gasteiger partial charge in [0, 0.05) is 0 Å². The third kappa shape index (κ3) is 7.33. The summed E-state index contributed by atoms with van der Waals surface area (Å²) < 4.78 is 40.7. The number of fused-ring (bicyclic) bond motifs is 1. The third-order valence-corrected chi connectivity index (χ3v) is 4.52. The Labute approximate surface area is 116 Å². The van der Waals surface area contributed by atoms with Crippen LogP contribution in [0.1, 0.15) is 24.2 Å². The summed E-state index contributed by atoms with van der Waals surface area (Å²) in [6, 6.07) is 11.1. The number of hydrogen-bond acceptors (Lipinski definition) is 0. The summed E-state index contributed by atoms with van der Waals surface area (Å²) in [5.74, 6) is 0. The number of benzene rings is 1. The molecule has 0 saturated heterocycles. The van der Waals surface area contributed by atoms with E-state index in [1.165, 1.54) is 30.0 Å². The second-order valence-corrected chi connectivity index (χ2v) is 6.16. The maximum absolute atomic E-state index is 9.75. The fraction of sp³-hybridized carbons (Fsp3) is 0.308. The van der Waals surface area contributed by atoms with Crippen LogP contribution in [-0.4, -0.2) is 21.8 Å². The van der Waals surface area contributed by atoms with Gasteiger partial charge in [0.15, 0.2) is 0 Å². The molecule has 1 heterocycles. The Hall–Kier alpha value is -0.866. The monoisotopic (exact) mass is 338 g/mol. The minimum atomic E-state index is -6.00. The Bertz CT molecular complexity index is 507. The predicted molar refractivity (Wildman–Crippen MR) is 74.1 cm³/mol. The molecular weight excluding hydrogens is 322 g/mol. The zero-order chi connectivity index (χ0) is 14.3. The second kappa shape index (κ2) is 7.66. The molecule has 0 atom stereocenters. The molecule has 0 bridgehead atoms. The van der Waals surface area contributed by atoms with Crippen molar-refractivity contribution in [3.8, 4) is 0 Å². The SMILES string of the molecule is CCCCc1cc2ccccc2c[se+]1.F[B-](F)(F)F. The van der Waals surface area contributed by atoms with E-state index in [9.17, 15) is 17.3 Å². The van der Waals surface area contributed by atoms with Crippen LogP contribution in [0.2, 0.25) is 0 Å². The minimum absolute atomic E-state index is 0.601. The minimum Gasteiger partial charge on any atom is -0.418 e. The van der Waals surface area contributed by atoms with Gasteiger partial charge < -0.3 is 17.3 Å². The average molecular weight is 337 g/mol. The molecule has 0 aliphatic carbocycles. The van der Waals surface area contributed by atoms with Crippen LogP contribution in [-0.2, 0) is 6.42 Å². The first-order chi connectivity index (χ1) is 8.90. The normalized spacial score (nSPS) is 11.0. The van der Waals surface area contributed by atoms with E-state index in [2.05, 4.69) is 42.2 Å². The first-order valence-corrected chi connectivity index (χ1v) is 7.91. The molecule has 104 valence electrons. The molecule has 2 rings (SSSR count). The standard InChI is InChI=1S/C13H15Se.BF4/c1-2-3-8-13-9-11-6-4-5-7-12(11)10-14-13;2-1(3,4)5/h4-7,9-10H,2-3,8H2,1H3;/q+1;-1. The van der Waals surface area contributed by atoms with Gasteiger partial charge in [-0.25, -0.2) is 0 Å². The van der Waals surface area contributed by atoms with E-state index < -0.39 is 7.25 Å². The molecule has 6 heteroatoms. The summed E-state index contributed by atoms with van der Waals surface area (Å²) >= 11 is 0.601. The van der Waals surface area contributed by atoms with Gasteiger partial charge in [-0.2, -0.15) is 0 Å². The van der Waals surface area contributed by atoms with Crippen LogP contribution in [0.3, 0.4) is 0 Å². The van der Waals surface area contributed by atoms with E-state index in [0.29, 0.717) is 14.5 Å². The zero-order valence-corrected chi connectivity index (χ0v) is 12.3. The van der Waals surface area contributed by atoms with Crippen molar-refractivity contribution in [2.75, 3.05) is 0 Å². The molecule has 0 saturated carbocycles. The number of hydrogen-bond donors (Lipinski definition) is 0. The number of aryl methyl sites for hydroxylation is 1. The maximum Gasteiger partial charge on any atom is 0.673 e. The van der Waals surface area contributed by atoms with Crippen LogP contribution in [0.25, 0.3) is 10.8 Å². The van der Waals surface area contributed by atoms with Gasteiger partial charge in [-0.15, -0.1) is 0 Å². The fourth-order valence-electron chi connectivity index (χ4n) is 1.58. The van der Waals surface area contributed by atoms with Gasteiger partial charge in [-0.3, -0.25) is 0 Å². The Kier molecular flexibility index (Phi) is 6.53. The molecule has 19 heavy (non-hydrogen) atoms. The summed E-state index contributed by atoms with van der Waals surface area (Å²) in [5.41, 5.74) is 0. The van der Waals surface area contributed by atoms with Crippen molar-refractivity contribution >= 4 is 32.5 Å². The van der Waals surface area contributed by atoms with Crippen molar-refractivity contribution < 1.29 is 17.3 Å². The Morgan fingerprint density at radius 1 is 1.05 bits per heavy atom. The number of unbranched alkanes of at least 4 members (excludes halogenated alkanes) is 1. The molecule has 0 N–H and O–H groups in total. The molecule has 0 aliphatic rings. The molecule has 1 aromatic carbocycles. The van der Waals surface area contributed by atoms with E-state index in [1.54, 1.807) is 4.44 Å². The van der Waals surface area contributed by atoms with Gasteiger partial charge >= 0.3 is 98.4 Å². The van der Waals surface area contributed by atoms with Crippen molar-refractivity contribution in [1.82, 2.24) is 0 Å². The van der Waals surface area contributed by atoms with Crippen molar-refractivity contribution in [2.45, 2.75) is 26.2 Å². The fourth-order valence-corrected chi connectivity index (χ4v) is 3.57. The molecule has 0 amide bonds. The van der Waals surface area contributed by atoms with Gasteiger partial charge in [0.2, 0.25) is 0 Å². The summed E-state index contributed by atoms with van der Waals surface area (Å²) in [6.07, 6.45) is 3.93. The van der Waals surface area contributed by atoms with Crippen molar-refractivity contribution in [3.05, 3.63) is 39.7 Å². The Balaban J connectivity index is 0.000000312. The van der Waals surface area contributed by atoms with Crippen LogP contribution in [0.5, 0.6) is 0 Å². The largest absolute Gasteiger partial charge is 0.673 e. The topological polar surface area (TPSA) is 0 Å². The molecule has 0 spiro atoms. The summed E-state index contributed by atoms with van der Waals surface area (Å²) in [5, 5.41) is 2.83. The van der Waals surface area contributed by atoms with Gasteiger partial charge in [0.1, 0.15) is 0 Å². The van der Waals surface area contributed by atoms with Crippen molar-refractivity contribution in [1.29, 1.82) is 0 Å². The molecule has 1 aromatic heterocycles. The van der Waals surface area contributed by atoms with E-state index in [-0.39, 0.29) is 0 Å². The van der Waals surface area contributed by atoms with Crippen LogP contribution in [0.15, 0.2) is 35.3 Å². The van der Waals surface area contributed by atoms with Crippen LogP contribution in [0.4, 0.5) is 17.3 Å². The zero-order valence-electron chi connectivity index (χ0n) is 10.6. The number of halogens is 4. The van der Waals surface area contributed by atoms with Gasteiger partial charge in [0.05, 0.1) is 0 Å². The van der Waals surface area contributed by atoms with Crippen molar-refractivity contribution in [3.63, 3.8) is 0 Å². The quantitative estimate of drug-likeness (QED) is 0.556. The molecule has 0 nitrogen and oxygen atoms in total. The van der Waals surface area contributed by atoms with Crippen LogP contribution >= 0.6 is 0 Å². The molecule has 0 fully saturated rings. The molecule has 0 aliphatic heterocycles. The predicted octanol–water partition coefficient (Wildman–Crippen LogP) is 4.82. The van der Waals surface area contributed by atoms with Crippen LogP contribution < -0.4 is 0 Å². The molecular formula is C13H15BF4Se. The Morgan fingerprint density at radius 3 is 2.21 bits per heavy atom. The summed E-state index contributed by atoms with van der Waals surface area (Å²) in [4.78, 5) is 2.41.